The molecule has 1 N–H and O–H groups in total. The van der Waals surface area contributed by atoms with Crippen molar-refractivity contribution in [2.45, 2.75) is 45.3 Å². The summed E-state index contributed by atoms with van der Waals surface area (Å²) in [5, 5.41) is 9.60. The van der Waals surface area contributed by atoms with Gasteiger partial charge in [-0.25, -0.2) is 4.79 Å². The maximum atomic E-state index is 12.0. The van der Waals surface area contributed by atoms with Crippen molar-refractivity contribution >= 4 is 11.9 Å². The van der Waals surface area contributed by atoms with Gasteiger partial charge in [0.05, 0.1) is 25.4 Å². The summed E-state index contributed by atoms with van der Waals surface area (Å²) in [6.07, 6.45) is 2.47. The summed E-state index contributed by atoms with van der Waals surface area (Å²) >= 11 is 0. The Morgan fingerprint density at radius 3 is 2.52 bits per heavy atom. The third kappa shape index (κ3) is 8.47. The normalized spacial score (nSPS) is 12.6. The average molecular weight is 301 g/mol. The van der Waals surface area contributed by atoms with E-state index in [4.69, 9.17) is 9.47 Å². The molecule has 0 rings (SSSR count). The van der Waals surface area contributed by atoms with Gasteiger partial charge >= 0.3 is 5.97 Å². The van der Waals surface area contributed by atoms with Crippen molar-refractivity contribution in [2.24, 2.45) is 0 Å². The molecule has 0 unspecified atom stereocenters. The second-order valence-corrected chi connectivity index (χ2v) is 5.43. The maximum absolute atomic E-state index is 12.0. The van der Waals surface area contributed by atoms with Crippen LogP contribution in [0.3, 0.4) is 0 Å². The molecule has 0 radical (unpaired) electrons. The second kappa shape index (κ2) is 9.52. The largest absolute Gasteiger partial charge is 0.464 e. The van der Waals surface area contributed by atoms with Gasteiger partial charge in [-0.15, -0.1) is 6.58 Å². The monoisotopic (exact) mass is 301 g/mol. The molecule has 6 heteroatoms. The minimum absolute atomic E-state index is 0.0147. The Hall–Kier alpha value is -1.40. The smallest absolute Gasteiger partial charge is 0.331 e. The first-order chi connectivity index (χ1) is 9.72. The predicted octanol–water partition coefficient (Wildman–Crippen LogP) is 1.13. The van der Waals surface area contributed by atoms with E-state index >= 15 is 0 Å². The van der Waals surface area contributed by atoms with Gasteiger partial charge in [-0.2, -0.15) is 0 Å². The first-order valence-corrected chi connectivity index (χ1v) is 7.06. The van der Waals surface area contributed by atoms with Crippen molar-refractivity contribution in [2.75, 3.05) is 26.9 Å². The zero-order chi connectivity index (χ0) is 16.5. The van der Waals surface area contributed by atoms with Gasteiger partial charge in [0.15, 0.2) is 6.04 Å². The fourth-order valence-corrected chi connectivity index (χ4v) is 1.57. The summed E-state index contributed by atoms with van der Waals surface area (Å²) in [5.74, 6) is -0.692. The highest BCUT2D eigenvalue weighted by molar-refractivity contribution is 5.84. The summed E-state index contributed by atoms with van der Waals surface area (Å²) in [6.45, 7) is 8.75. The van der Waals surface area contributed by atoms with Gasteiger partial charge in [0, 0.05) is 13.5 Å². The molecule has 0 heterocycles. The molecule has 0 aromatic rings. The predicted molar refractivity (Wildman–Crippen MR) is 79.7 cm³/mol. The summed E-state index contributed by atoms with van der Waals surface area (Å²) in [4.78, 5) is 25.2. The molecular formula is C15H27NO5. The lowest BCUT2D eigenvalue weighted by molar-refractivity contribution is -0.157. The number of allylic oxidation sites excluding steroid dienone is 1. The molecule has 0 saturated carbocycles. The zero-order valence-electron chi connectivity index (χ0n) is 13.4. The average Bonchev–Trinajstić information content (AvgIpc) is 2.39. The number of carbonyl (C=O) groups excluding carboxylic acids is 2. The van der Waals surface area contributed by atoms with E-state index in [-0.39, 0.29) is 32.1 Å². The van der Waals surface area contributed by atoms with Crippen molar-refractivity contribution in [3.05, 3.63) is 12.7 Å². The van der Waals surface area contributed by atoms with E-state index in [2.05, 4.69) is 6.58 Å². The quantitative estimate of drug-likeness (QED) is 0.483. The van der Waals surface area contributed by atoms with Gasteiger partial charge in [-0.1, -0.05) is 6.08 Å². The Morgan fingerprint density at radius 2 is 2.05 bits per heavy atom. The number of carbonyl (C=O) groups is 2. The van der Waals surface area contributed by atoms with E-state index in [0.29, 0.717) is 6.42 Å². The third-order valence-electron chi connectivity index (χ3n) is 2.71. The van der Waals surface area contributed by atoms with Crippen molar-refractivity contribution in [1.29, 1.82) is 0 Å². The zero-order valence-corrected chi connectivity index (χ0v) is 13.4. The Morgan fingerprint density at radius 1 is 1.43 bits per heavy atom. The molecule has 1 atom stereocenters. The SMILES string of the molecule is C=CCCC(=O)N(C)[C@@H](COCC(C)(C)O)C(=O)OCC. The number of amides is 1. The van der Waals surface area contributed by atoms with Crippen LogP contribution in [0.5, 0.6) is 0 Å². The number of hydrogen-bond acceptors (Lipinski definition) is 5. The molecule has 0 saturated heterocycles. The van der Waals surface area contributed by atoms with Crippen molar-refractivity contribution < 1.29 is 24.2 Å². The number of nitrogens with zero attached hydrogens (tertiary/aromatic N) is 1. The minimum Gasteiger partial charge on any atom is -0.464 e. The molecule has 0 fully saturated rings. The van der Waals surface area contributed by atoms with Crippen molar-refractivity contribution in [3.8, 4) is 0 Å². The van der Waals surface area contributed by atoms with Gasteiger partial charge in [0.25, 0.3) is 0 Å². The first kappa shape index (κ1) is 19.6. The lowest BCUT2D eigenvalue weighted by atomic mass is 10.1. The second-order valence-electron chi connectivity index (χ2n) is 5.43. The van der Waals surface area contributed by atoms with E-state index in [1.807, 2.05) is 0 Å². The molecule has 0 aliphatic carbocycles. The Labute approximate surface area is 126 Å². The van der Waals surface area contributed by atoms with Crippen LogP contribution in [-0.2, 0) is 19.1 Å². The van der Waals surface area contributed by atoms with Crippen LogP contribution in [-0.4, -0.2) is 60.4 Å². The van der Waals surface area contributed by atoms with Crippen LogP contribution in [0.1, 0.15) is 33.6 Å². The highest BCUT2D eigenvalue weighted by atomic mass is 16.5. The van der Waals surface area contributed by atoms with E-state index < -0.39 is 17.6 Å². The molecule has 1 amide bonds. The maximum Gasteiger partial charge on any atom is 0.331 e. The first-order valence-electron chi connectivity index (χ1n) is 7.06. The van der Waals surface area contributed by atoms with Crippen LogP contribution in [0, 0.1) is 0 Å². The number of aliphatic hydroxyl groups is 1. The molecule has 0 aromatic heterocycles. The number of ether oxygens (including phenoxy) is 2. The highest BCUT2D eigenvalue weighted by Crippen LogP contribution is 2.08. The molecule has 0 aliphatic rings. The van der Waals surface area contributed by atoms with Crippen LogP contribution >= 0.6 is 0 Å². The Bertz CT molecular complexity index is 348. The number of esters is 1. The number of hydrogen-bond donors (Lipinski definition) is 1. The minimum atomic E-state index is -0.995. The van der Waals surface area contributed by atoms with Crippen molar-refractivity contribution in [1.82, 2.24) is 4.90 Å². The fraction of sp³-hybridized carbons (Fsp3) is 0.733. The van der Waals surface area contributed by atoms with Gasteiger partial charge in [-0.3, -0.25) is 4.79 Å². The van der Waals surface area contributed by atoms with Gasteiger partial charge in [0.1, 0.15) is 0 Å². The van der Waals surface area contributed by atoms with Gasteiger partial charge in [0.2, 0.25) is 5.91 Å². The molecule has 6 nitrogen and oxygen atoms in total. The van der Waals surface area contributed by atoms with Crippen LogP contribution in [0.2, 0.25) is 0 Å². The molecule has 0 bridgehead atoms. The van der Waals surface area contributed by atoms with E-state index in [0.717, 1.165) is 0 Å². The summed E-state index contributed by atoms with van der Waals surface area (Å²) in [6, 6.07) is -0.815. The van der Waals surface area contributed by atoms with Gasteiger partial charge in [-0.05, 0) is 27.2 Å². The summed E-state index contributed by atoms with van der Waals surface area (Å²) in [7, 11) is 1.54. The van der Waals surface area contributed by atoms with E-state index in [1.54, 1.807) is 33.9 Å². The van der Waals surface area contributed by atoms with Crippen LogP contribution in [0.25, 0.3) is 0 Å². The van der Waals surface area contributed by atoms with Crippen LogP contribution in [0.15, 0.2) is 12.7 Å². The Balaban J connectivity index is 4.68. The van der Waals surface area contributed by atoms with Crippen molar-refractivity contribution in [3.63, 3.8) is 0 Å². The lowest BCUT2D eigenvalue weighted by Gasteiger charge is -2.27. The fourth-order valence-electron chi connectivity index (χ4n) is 1.57. The summed E-state index contributed by atoms with van der Waals surface area (Å²) in [5.41, 5.74) is -0.995. The molecule has 122 valence electrons. The standard InChI is InChI=1S/C15H27NO5/c1-6-8-9-13(17)16(5)12(14(18)21-7-2)10-20-11-15(3,4)19/h6,12,19H,1,7-11H2,2-5H3/t12-/m0/s1. The molecule has 0 aliphatic heterocycles. The number of likely N-dealkylation sites (N-methyl/N-ethyl adjacent to an activating group) is 1. The third-order valence-corrected chi connectivity index (χ3v) is 2.71. The molecule has 21 heavy (non-hydrogen) atoms. The molecule has 0 aromatic carbocycles. The van der Waals surface area contributed by atoms with Gasteiger partial charge < -0.3 is 19.5 Å². The highest BCUT2D eigenvalue weighted by Gasteiger charge is 2.28. The number of rotatable bonds is 10. The lowest BCUT2D eigenvalue weighted by Crippen LogP contribution is -2.47. The topological polar surface area (TPSA) is 76.1 Å². The Kier molecular flexibility index (Phi) is 8.89. The molecular weight excluding hydrogens is 274 g/mol. The van der Waals surface area contributed by atoms with Crippen LogP contribution in [0.4, 0.5) is 0 Å². The van der Waals surface area contributed by atoms with E-state index in [1.165, 1.54) is 4.90 Å². The van der Waals surface area contributed by atoms with E-state index in [9.17, 15) is 14.7 Å². The summed E-state index contributed by atoms with van der Waals surface area (Å²) < 4.78 is 10.3. The molecule has 0 spiro atoms. The van der Waals surface area contributed by atoms with Crippen LogP contribution < -0.4 is 0 Å².